The van der Waals surface area contributed by atoms with Crippen LogP contribution in [-0.2, 0) is 12.7 Å². The Kier molecular flexibility index (Phi) is 5.79. The van der Waals surface area contributed by atoms with Gasteiger partial charge in [0.1, 0.15) is 11.4 Å². The highest BCUT2D eigenvalue weighted by atomic mass is 35.5. The Morgan fingerprint density at radius 1 is 1.15 bits per heavy atom. The van der Waals surface area contributed by atoms with Gasteiger partial charge in [-0.15, -0.1) is 0 Å². The van der Waals surface area contributed by atoms with E-state index in [1.807, 2.05) is 0 Å². The Morgan fingerprint density at radius 2 is 1.85 bits per heavy atom. The molecular weight excluding hydrogens is 461 g/mol. The molecule has 0 bridgehead atoms. The van der Waals surface area contributed by atoms with Crippen molar-refractivity contribution in [3.05, 3.63) is 75.9 Å². The maximum Gasteiger partial charge on any atom is 0.436 e. The molecule has 172 valence electrons. The number of fused-ring (bicyclic) bond motifs is 1. The van der Waals surface area contributed by atoms with Crippen LogP contribution in [0.25, 0.3) is 0 Å². The minimum absolute atomic E-state index is 0.0375. The van der Waals surface area contributed by atoms with Crippen molar-refractivity contribution >= 4 is 35.0 Å². The number of carbonyl (C=O) groups is 2. The molecule has 2 aromatic carbocycles. The van der Waals surface area contributed by atoms with Gasteiger partial charge < -0.3 is 15.3 Å². The van der Waals surface area contributed by atoms with Crippen molar-refractivity contribution in [1.29, 1.82) is 0 Å². The quantitative estimate of drug-likeness (QED) is 0.545. The van der Waals surface area contributed by atoms with Gasteiger partial charge >= 0.3 is 12.1 Å². The molecule has 2 N–H and O–H groups in total. The predicted octanol–water partition coefficient (Wildman–Crippen LogP) is 4.90. The Labute approximate surface area is 191 Å². The number of aromatic carboxylic acids is 1. The van der Waals surface area contributed by atoms with Crippen molar-refractivity contribution in [2.24, 2.45) is 0 Å². The van der Waals surface area contributed by atoms with Crippen LogP contribution in [0.15, 0.2) is 48.5 Å². The molecule has 0 unspecified atom stereocenters. The molecule has 33 heavy (non-hydrogen) atoms. The number of halogens is 4. The highest BCUT2D eigenvalue weighted by molar-refractivity contribution is 6.30. The van der Waals surface area contributed by atoms with Gasteiger partial charge in [0.25, 0.3) is 5.91 Å². The molecule has 1 atom stereocenters. The standard InChI is InChI=1S/C22H18ClF3N4O3/c1-12(13-5-7-14(8-6-13)21(32)33)27-19(31)17-18(22(24,25)26)28-30-10-9-29(20(17)30)16-4-2-3-15(23)11-16/h2-8,11-12H,9-10H2,1H3,(H,27,31)(H,32,33)/t12-/m0/s1. The van der Waals surface area contributed by atoms with Crippen LogP contribution in [0, 0.1) is 0 Å². The smallest absolute Gasteiger partial charge is 0.436 e. The first-order valence-corrected chi connectivity index (χ1v) is 10.3. The average molecular weight is 479 g/mol. The summed E-state index contributed by atoms with van der Waals surface area (Å²) in [4.78, 5) is 25.7. The number of carboxylic acid groups (broad SMARTS) is 1. The lowest BCUT2D eigenvalue weighted by atomic mass is 10.1. The van der Waals surface area contributed by atoms with E-state index in [9.17, 15) is 22.8 Å². The van der Waals surface area contributed by atoms with Crippen molar-refractivity contribution in [1.82, 2.24) is 15.1 Å². The van der Waals surface area contributed by atoms with Crippen LogP contribution < -0.4 is 10.2 Å². The molecule has 2 heterocycles. The summed E-state index contributed by atoms with van der Waals surface area (Å²) >= 11 is 6.05. The van der Waals surface area contributed by atoms with Crippen molar-refractivity contribution in [3.63, 3.8) is 0 Å². The molecule has 0 fully saturated rings. The largest absolute Gasteiger partial charge is 0.478 e. The number of alkyl halides is 3. The van der Waals surface area contributed by atoms with Crippen molar-refractivity contribution < 1.29 is 27.9 Å². The third-order valence-corrected chi connectivity index (χ3v) is 5.57. The third kappa shape index (κ3) is 4.38. The molecule has 7 nitrogen and oxygen atoms in total. The first-order chi connectivity index (χ1) is 15.6. The van der Waals surface area contributed by atoms with E-state index in [0.29, 0.717) is 22.8 Å². The van der Waals surface area contributed by atoms with Crippen LogP contribution >= 0.6 is 11.6 Å². The molecule has 1 aliphatic heterocycles. The summed E-state index contributed by atoms with van der Waals surface area (Å²) in [5.74, 6) is -2.01. The van der Waals surface area contributed by atoms with Gasteiger partial charge in [0.15, 0.2) is 5.69 Å². The zero-order valence-electron chi connectivity index (χ0n) is 17.2. The monoisotopic (exact) mass is 478 g/mol. The van der Waals surface area contributed by atoms with E-state index >= 15 is 0 Å². The van der Waals surface area contributed by atoms with E-state index in [-0.39, 0.29) is 17.9 Å². The van der Waals surface area contributed by atoms with Gasteiger partial charge in [0.2, 0.25) is 0 Å². The summed E-state index contributed by atoms with van der Waals surface area (Å²) in [5.41, 5.74) is -0.703. The maximum absolute atomic E-state index is 13.8. The number of carbonyl (C=O) groups excluding carboxylic acids is 1. The van der Waals surface area contributed by atoms with Crippen LogP contribution in [-0.4, -0.2) is 33.3 Å². The second-order valence-corrected chi connectivity index (χ2v) is 7.96. The van der Waals surface area contributed by atoms with Crippen LogP contribution in [0.2, 0.25) is 5.02 Å². The van der Waals surface area contributed by atoms with Crippen LogP contribution in [0.1, 0.15) is 44.9 Å². The predicted molar refractivity (Wildman–Crippen MR) is 115 cm³/mol. The summed E-state index contributed by atoms with van der Waals surface area (Å²) in [5, 5.41) is 15.7. The van der Waals surface area contributed by atoms with Gasteiger partial charge in [-0.3, -0.25) is 4.79 Å². The molecule has 0 radical (unpaired) electrons. The van der Waals surface area contributed by atoms with Gasteiger partial charge in [-0.25, -0.2) is 9.48 Å². The molecule has 1 amide bonds. The zero-order chi connectivity index (χ0) is 23.9. The SMILES string of the molecule is C[C@H](NC(=O)c1c(C(F)(F)F)nn2c1N(c1cccc(Cl)c1)CC2)c1ccc(C(=O)O)cc1. The van der Waals surface area contributed by atoms with Crippen LogP contribution in [0.3, 0.4) is 0 Å². The van der Waals surface area contributed by atoms with E-state index in [1.165, 1.54) is 28.9 Å². The summed E-state index contributed by atoms with van der Waals surface area (Å²) in [6.45, 7) is 2.09. The lowest BCUT2D eigenvalue weighted by Crippen LogP contribution is -2.30. The van der Waals surface area contributed by atoms with Gasteiger partial charge in [-0.1, -0.05) is 29.8 Å². The molecule has 4 rings (SSSR count). The maximum atomic E-state index is 13.8. The molecule has 0 saturated heterocycles. The number of benzene rings is 2. The topological polar surface area (TPSA) is 87.5 Å². The van der Waals surface area contributed by atoms with Crippen molar-refractivity contribution in [3.8, 4) is 0 Å². The number of rotatable bonds is 5. The summed E-state index contributed by atoms with van der Waals surface area (Å²) in [7, 11) is 0. The molecule has 0 spiro atoms. The van der Waals surface area contributed by atoms with E-state index in [0.717, 1.165) is 0 Å². The van der Waals surface area contributed by atoms with Crippen LogP contribution in [0.4, 0.5) is 24.7 Å². The minimum atomic E-state index is -4.84. The fourth-order valence-corrected chi connectivity index (χ4v) is 3.94. The fraction of sp³-hybridized carbons (Fsp3) is 0.227. The first-order valence-electron chi connectivity index (χ1n) is 9.91. The molecular formula is C22H18ClF3N4O3. The molecule has 0 aliphatic carbocycles. The Hall–Kier alpha value is -3.53. The number of anilines is 2. The number of nitrogens with zero attached hydrogens (tertiary/aromatic N) is 3. The van der Waals surface area contributed by atoms with Gasteiger partial charge in [0, 0.05) is 17.3 Å². The molecule has 1 aromatic heterocycles. The van der Waals surface area contributed by atoms with Crippen molar-refractivity contribution in [2.75, 3.05) is 11.4 Å². The Morgan fingerprint density at radius 3 is 2.45 bits per heavy atom. The number of carboxylic acids is 1. The molecule has 1 aliphatic rings. The second-order valence-electron chi connectivity index (χ2n) is 7.52. The van der Waals surface area contributed by atoms with E-state index in [2.05, 4.69) is 10.4 Å². The minimum Gasteiger partial charge on any atom is -0.478 e. The molecule has 3 aromatic rings. The number of nitrogens with one attached hydrogen (secondary N) is 1. The molecule has 11 heteroatoms. The summed E-state index contributed by atoms with van der Waals surface area (Å²) in [6, 6.07) is 11.6. The third-order valence-electron chi connectivity index (χ3n) is 5.34. The van der Waals surface area contributed by atoms with Gasteiger partial charge in [0.05, 0.1) is 18.2 Å². The van der Waals surface area contributed by atoms with Gasteiger partial charge in [-0.2, -0.15) is 18.3 Å². The number of hydrogen-bond acceptors (Lipinski definition) is 4. The lowest BCUT2D eigenvalue weighted by Gasteiger charge is -2.21. The summed E-state index contributed by atoms with van der Waals surface area (Å²) < 4.78 is 42.5. The lowest BCUT2D eigenvalue weighted by molar-refractivity contribution is -0.141. The number of amides is 1. The zero-order valence-corrected chi connectivity index (χ0v) is 18.0. The number of aromatic nitrogens is 2. The Balaban J connectivity index is 1.70. The van der Waals surface area contributed by atoms with Gasteiger partial charge in [-0.05, 0) is 42.8 Å². The summed E-state index contributed by atoms with van der Waals surface area (Å²) in [6.07, 6.45) is -4.84. The fourth-order valence-electron chi connectivity index (χ4n) is 3.75. The first kappa shape index (κ1) is 22.7. The van der Waals surface area contributed by atoms with E-state index < -0.39 is 35.4 Å². The van der Waals surface area contributed by atoms with E-state index in [4.69, 9.17) is 16.7 Å². The highest BCUT2D eigenvalue weighted by Crippen LogP contribution is 2.41. The average Bonchev–Trinajstić information content (AvgIpc) is 3.33. The van der Waals surface area contributed by atoms with Crippen LogP contribution in [0.5, 0.6) is 0 Å². The van der Waals surface area contributed by atoms with E-state index in [1.54, 1.807) is 36.1 Å². The second kappa shape index (κ2) is 8.43. The Bertz CT molecular complexity index is 1220. The molecule has 0 saturated carbocycles. The normalized spacial score (nSPS) is 14.2. The highest BCUT2D eigenvalue weighted by Gasteiger charge is 2.44. The van der Waals surface area contributed by atoms with Crippen molar-refractivity contribution in [2.45, 2.75) is 25.7 Å². The number of hydrogen-bond donors (Lipinski definition) is 2.